The molecule has 38 heavy (non-hydrogen) atoms. The summed E-state index contributed by atoms with van der Waals surface area (Å²) in [5, 5.41) is 4.50. The molecule has 0 amide bonds. The number of anilines is 1. The Morgan fingerprint density at radius 2 is 1.55 bits per heavy atom. The van der Waals surface area contributed by atoms with E-state index in [1.807, 2.05) is 12.3 Å². The molecule has 3 saturated carbocycles. The molecule has 5 aromatic rings. The molecule has 2 atom stereocenters. The zero-order valence-electron chi connectivity index (χ0n) is 21.4. The maximum absolute atomic E-state index is 14.1. The van der Waals surface area contributed by atoms with Crippen LogP contribution < -0.4 is 5.32 Å². The Labute approximate surface area is 221 Å². The van der Waals surface area contributed by atoms with E-state index in [0.29, 0.717) is 34.7 Å². The summed E-state index contributed by atoms with van der Waals surface area (Å²) in [4.78, 5) is 17.3. The number of fused-ring (bicyclic) bond motifs is 4. The molecule has 0 saturated heterocycles. The summed E-state index contributed by atoms with van der Waals surface area (Å²) in [6.07, 6.45) is 8.29. The SMILES string of the molecule is C[C@H]1C2CCC(CC2)[C@@H]1Nc1cc(-c2ccc(-c3ccccc3)cc2)nc(-c2c[nH]c3ncc(F)cc23)n1. The van der Waals surface area contributed by atoms with Gasteiger partial charge in [0, 0.05) is 34.8 Å². The highest BCUT2D eigenvalue weighted by molar-refractivity contribution is 5.92. The predicted octanol–water partition coefficient (Wildman–Crippen LogP) is 7.73. The van der Waals surface area contributed by atoms with E-state index in [1.54, 1.807) is 0 Å². The molecule has 2 bridgehead atoms. The maximum Gasteiger partial charge on any atom is 0.164 e. The molecule has 0 spiro atoms. The molecule has 6 heteroatoms. The van der Waals surface area contributed by atoms with Gasteiger partial charge in [-0.15, -0.1) is 0 Å². The van der Waals surface area contributed by atoms with Crippen molar-refractivity contribution in [1.82, 2.24) is 19.9 Å². The highest BCUT2D eigenvalue weighted by atomic mass is 19.1. The lowest BCUT2D eigenvalue weighted by atomic mass is 9.62. The molecule has 2 N–H and O–H groups in total. The zero-order valence-corrected chi connectivity index (χ0v) is 21.4. The number of hydrogen-bond acceptors (Lipinski definition) is 4. The number of aromatic amines is 1. The summed E-state index contributed by atoms with van der Waals surface area (Å²) in [5.41, 5.74) is 5.56. The van der Waals surface area contributed by atoms with Gasteiger partial charge in [0.05, 0.1) is 11.9 Å². The first kappa shape index (κ1) is 23.1. The van der Waals surface area contributed by atoms with Crippen LogP contribution in [0.15, 0.2) is 79.1 Å². The monoisotopic (exact) mass is 503 g/mol. The quantitative estimate of drug-likeness (QED) is 0.258. The average molecular weight is 504 g/mol. The van der Waals surface area contributed by atoms with E-state index in [2.05, 4.69) is 76.8 Å². The van der Waals surface area contributed by atoms with Gasteiger partial charge in [-0.25, -0.2) is 19.3 Å². The zero-order chi connectivity index (χ0) is 25.6. The Balaban J connectivity index is 1.31. The second-order valence-corrected chi connectivity index (χ2v) is 10.9. The number of nitrogens with one attached hydrogen (secondary N) is 2. The molecule has 3 heterocycles. The van der Waals surface area contributed by atoms with Crippen LogP contribution in [-0.4, -0.2) is 26.0 Å². The summed E-state index contributed by atoms with van der Waals surface area (Å²) < 4.78 is 14.1. The van der Waals surface area contributed by atoms with Crippen LogP contribution in [0.4, 0.5) is 10.2 Å². The number of hydrogen-bond donors (Lipinski definition) is 2. The van der Waals surface area contributed by atoms with E-state index in [4.69, 9.17) is 9.97 Å². The molecule has 3 aromatic heterocycles. The number of nitrogens with zero attached hydrogens (tertiary/aromatic N) is 3. The first-order valence-corrected chi connectivity index (χ1v) is 13.6. The average Bonchev–Trinajstić information content (AvgIpc) is 3.39. The second kappa shape index (κ2) is 9.35. The highest BCUT2D eigenvalue weighted by Gasteiger charge is 2.41. The standard InChI is InChI=1S/C32H30FN5/c1-19-20-7-13-24(14-8-20)30(19)37-29-16-28(23-11-9-22(10-12-23)21-5-3-2-4-6-21)36-32(38-29)27-18-35-31-26(27)15-25(33)17-34-31/h2-6,9-12,15-20,24,30H,7-8,13-14H2,1H3,(H,34,35)(H,36,37,38)/t19-,20?,24?,30+/m0/s1. The molecule has 0 unspecified atom stereocenters. The van der Waals surface area contributed by atoms with Gasteiger partial charge in [0.2, 0.25) is 0 Å². The van der Waals surface area contributed by atoms with Crippen molar-refractivity contribution in [3.05, 3.63) is 84.9 Å². The van der Waals surface area contributed by atoms with Gasteiger partial charge >= 0.3 is 0 Å². The Hall–Kier alpha value is -4.06. The number of H-pyrrole nitrogens is 1. The molecule has 0 radical (unpaired) electrons. The van der Waals surface area contributed by atoms with Crippen molar-refractivity contribution in [2.24, 2.45) is 17.8 Å². The van der Waals surface area contributed by atoms with Gasteiger partial charge < -0.3 is 10.3 Å². The van der Waals surface area contributed by atoms with Gasteiger partial charge in [0.1, 0.15) is 17.3 Å². The molecule has 8 rings (SSSR count). The van der Waals surface area contributed by atoms with Crippen LogP contribution in [0.25, 0.3) is 44.8 Å². The maximum atomic E-state index is 14.1. The molecular formula is C32H30FN5. The first-order valence-electron chi connectivity index (χ1n) is 13.6. The summed E-state index contributed by atoms with van der Waals surface area (Å²) >= 11 is 0. The topological polar surface area (TPSA) is 66.5 Å². The van der Waals surface area contributed by atoms with Crippen LogP contribution in [0.2, 0.25) is 0 Å². The van der Waals surface area contributed by atoms with E-state index < -0.39 is 0 Å². The van der Waals surface area contributed by atoms with Crippen LogP contribution in [0.1, 0.15) is 32.6 Å². The number of pyridine rings is 1. The first-order chi connectivity index (χ1) is 18.6. The van der Waals surface area contributed by atoms with Gasteiger partial charge in [-0.05, 0) is 60.6 Å². The minimum Gasteiger partial charge on any atom is -0.367 e. The second-order valence-electron chi connectivity index (χ2n) is 10.9. The molecule has 3 aliphatic rings. The normalized spacial score (nSPS) is 22.6. The fraction of sp³-hybridized carbons (Fsp3) is 0.281. The third-order valence-corrected chi connectivity index (χ3v) is 8.70. The molecule has 3 fully saturated rings. The molecule has 3 aliphatic carbocycles. The van der Waals surface area contributed by atoms with E-state index >= 15 is 0 Å². The van der Waals surface area contributed by atoms with E-state index in [1.165, 1.54) is 43.5 Å². The molecule has 5 nitrogen and oxygen atoms in total. The van der Waals surface area contributed by atoms with Crippen molar-refractivity contribution < 1.29 is 4.39 Å². The third-order valence-electron chi connectivity index (χ3n) is 8.70. The Morgan fingerprint density at radius 1 is 0.842 bits per heavy atom. The van der Waals surface area contributed by atoms with Crippen molar-refractivity contribution in [3.63, 3.8) is 0 Å². The number of rotatable bonds is 5. The summed E-state index contributed by atoms with van der Waals surface area (Å²) in [5.74, 6) is 3.07. The fourth-order valence-corrected chi connectivity index (χ4v) is 6.59. The largest absolute Gasteiger partial charge is 0.367 e. The number of benzene rings is 2. The summed E-state index contributed by atoms with van der Waals surface area (Å²) in [6.45, 7) is 2.38. The van der Waals surface area contributed by atoms with Crippen molar-refractivity contribution >= 4 is 16.9 Å². The lowest BCUT2D eigenvalue weighted by Gasteiger charge is -2.47. The van der Waals surface area contributed by atoms with E-state index in [0.717, 1.165) is 34.1 Å². The van der Waals surface area contributed by atoms with Gasteiger partial charge in [-0.1, -0.05) is 61.5 Å². The van der Waals surface area contributed by atoms with Crippen molar-refractivity contribution in [1.29, 1.82) is 0 Å². The van der Waals surface area contributed by atoms with Gasteiger partial charge in [-0.2, -0.15) is 0 Å². The van der Waals surface area contributed by atoms with Crippen LogP contribution in [0.3, 0.4) is 0 Å². The fourth-order valence-electron chi connectivity index (χ4n) is 6.59. The van der Waals surface area contributed by atoms with Crippen LogP contribution in [0, 0.1) is 23.6 Å². The van der Waals surface area contributed by atoms with Gasteiger partial charge in [0.25, 0.3) is 0 Å². The minimum absolute atomic E-state index is 0.378. The highest BCUT2D eigenvalue weighted by Crippen LogP contribution is 2.46. The molecular weight excluding hydrogens is 473 g/mol. The van der Waals surface area contributed by atoms with Gasteiger partial charge in [-0.3, -0.25) is 0 Å². The Bertz CT molecular complexity index is 1580. The Morgan fingerprint density at radius 3 is 2.32 bits per heavy atom. The van der Waals surface area contributed by atoms with Crippen molar-refractivity contribution in [2.45, 2.75) is 38.6 Å². The van der Waals surface area contributed by atoms with E-state index in [-0.39, 0.29) is 5.82 Å². The summed E-state index contributed by atoms with van der Waals surface area (Å²) in [7, 11) is 0. The lowest BCUT2D eigenvalue weighted by molar-refractivity contribution is 0.0928. The van der Waals surface area contributed by atoms with Crippen LogP contribution >= 0.6 is 0 Å². The third kappa shape index (κ3) is 4.14. The molecule has 2 aromatic carbocycles. The van der Waals surface area contributed by atoms with Crippen molar-refractivity contribution in [2.75, 3.05) is 5.32 Å². The summed E-state index contributed by atoms with van der Waals surface area (Å²) in [6, 6.07) is 22.8. The lowest BCUT2D eigenvalue weighted by Crippen LogP contribution is -2.47. The van der Waals surface area contributed by atoms with Crippen LogP contribution in [-0.2, 0) is 0 Å². The Kier molecular flexibility index (Phi) is 5.68. The van der Waals surface area contributed by atoms with Crippen molar-refractivity contribution in [3.8, 4) is 33.8 Å². The number of halogens is 1. The number of aromatic nitrogens is 4. The smallest absolute Gasteiger partial charge is 0.164 e. The molecule has 0 aliphatic heterocycles. The minimum atomic E-state index is -0.378. The predicted molar refractivity (Wildman–Crippen MR) is 150 cm³/mol. The van der Waals surface area contributed by atoms with Gasteiger partial charge in [0.15, 0.2) is 5.82 Å². The van der Waals surface area contributed by atoms with E-state index in [9.17, 15) is 4.39 Å². The molecule has 190 valence electrons. The van der Waals surface area contributed by atoms with Crippen LogP contribution in [0.5, 0.6) is 0 Å².